The first-order chi connectivity index (χ1) is 12.9. The Bertz CT molecular complexity index is 796. The molecule has 1 heterocycles. The van der Waals surface area contributed by atoms with Crippen molar-refractivity contribution in [1.29, 1.82) is 5.26 Å². The van der Waals surface area contributed by atoms with Crippen molar-refractivity contribution in [3.63, 3.8) is 0 Å². The summed E-state index contributed by atoms with van der Waals surface area (Å²) in [6, 6.07) is 4.31. The SMILES string of the molecule is N#CC1(N(C(=O)CCc2c(F)ccc(C(N)=O)c2F)C2CC2)CCNCC1. The Hall–Kier alpha value is -2.53. The van der Waals surface area contributed by atoms with E-state index in [9.17, 15) is 23.6 Å². The Balaban J connectivity index is 1.79. The molecule has 2 amide bonds. The molecule has 2 fully saturated rings. The van der Waals surface area contributed by atoms with Gasteiger partial charge in [-0.2, -0.15) is 5.26 Å². The summed E-state index contributed by atoms with van der Waals surface area (Å²) in [6.07, 6.45) is 2.41. The van der Waals surface area contributed by atoms with E-state index in [2.05, 4.69) is 11.4 Å². The molecular formula is C19H22F2N4O2. The minimum absolute atomic E-state index is 0.0156. The molecule has 27 heavy (non-hydrogen) atoms. The van der Waals surface area contributed by atoms with E-state index in [0.29, 0.717) is 25.9 Å². The Morgan fingerprint density at radius 3 is 2.52 bits per heavy atom. The van der Waals surface area contributed by atoms with E-state index in [0.717, 1.165) is 25.0 Å². The third-order valence-corrected chi connectivity index (χ3v) is 5.32. The molecular weight excluding hydrogens is 354 g/mol. The van der Waals surface area contributed by atoms with Gasteiger partial charge in [-0.3, -0.25) is 9.59 Å². The first-order valence-corrected chi connectivity index (χ1v) is 9.10. The standard InChI is InChI=1S/C19H22F2N4O2/c20-15-5-3-14(18(23)27)17(21)13(15)4-6-16(26)25(12-1-2-12)19(11-22)7-9-24-10-8-19/h3,5,12,24H,1-2,4,6-10H2,(H2,23,27). The summed E-state index contributed by atoms with van der Waals surface area (Å²) >= 11 is 0. The van der Waals surface area contributed by atoms with Crippen LogP contribution in [0.3, 0.4) is 0 Å². The second-order valence-corrected chi connectivity index (χ2v) is 7.14. The zero-order valence-corrected chi connectivity index (χ0v) is 14.9. The second-order valence-electron chi connectivity index (χ2n) is 7.14. The van der Waals surface area contributed by atoms with Crippen LogP contribution < -0.4 is 11.1 Å². The Morgan fingerprint density at radius 1 is 1.30 bits per heavy atom. The van der Waals surface area contributed by atoms with Gasteiger partial charge in [0.05, 0.1) is 11.6 Å². The molecule has 0 aromatic heterocycles. The third-order valence-electron chi connectivity index (χ3n) is 5.32. The summed E-state index contributed by atoms with van der Waals surface area (Å²) in [4.78, 5) is 25.8. The molecule has 0 bridgehead atoms. The van der Waals surface area contributed by atoms with E-state index in [1.165, 1.54) is 0 Å². The van der Waals surface area contributed by atoms with Gasteiger partial charge in [-0.05, 0) is 57.3 Å². The molecule has 0 atom stereocenters. The molecule has 0 unspecified atom stereocenters. The predicted octanol–water partition coefficient (Wildman–Crippen LogP) is 1.63. The van der Waals surface area contributed by atoms with Gasteiger partial charge in [0, 0.05) is 18.0 Å². The van der Waals surface area contributed by atoms with Gasteiger partial charge >= 0.3 is 0 Å². The molecule has 2 aliphatic rings. The smallest absolute Gasteiger partial charge is 0.251 e. The Kier molecular flexibility index (Phi) is 5.42. The molecule has 8 heteroatoms. The lowest BCUT2D eigenvalue weighted by Gasteiger charge is -2.42. The number of rotatable bonds is 6. The number of benzene rings is 1. The molecule has 144 valence electrons. The van der Waals surface area contributed by atoms with Gasteiger partial charge in [-0.25, -0.2) is 8.78 Å². The summed E-state index contributed by atoms with van der Waals surface area (Å²) in [7, 11) is 0. The molecule has 0 spiro atoms. The molecule has 0 radical (unpaired) electrons. The number of amides is 2. The first kappa shape index (κ1) is 19.2. The van der Waals surface area contributed by atoms with Crippen molar-refractivity contribution in [3.05, 3.63) is 34.9 Å². The third kappa shape index (κ3) is 3.78. The predicted molar refractivity (Wildman–Crippen MR) is 93.5 cm³/mol. The maximum absolute atomic E-state index is 14.4. The van der Waals surface area contributed by atoms with Gasteiger partial charge in [0.1, 0.15) is 17.2 Å². The highest BCUT2D eigenvalue weighted by atomic mass is 19.1. The molecule has 1 saturated heterocycles. The summed E-state index contributed by atoms with van der Waals surface area (Å²) in [6.45, 7) is 1.29. The number of nitriles is 1. The van der Waals surface area contributed by atoms with Gasteiger partial charge in [-0.15, -0.1) is 0 Å². The van der Waals surface area contributed by atoms with Crippen LogP contribution in [0.25, 0.3) is 0 Å². The van der Waals surface area contributed by atoms with E-state index >= 15 is 0 Å². The van der Waals surface area contributed by atoms with Crippen LogP contribution in [0.2, 0.25) is 0 Å². The number of hydrogen-bond acceptors (Lipinski definition) is 4. The fraction of sp³-hybridized carbons (Fsp3) is 0.526. The Labute approximate surface area is 156 Å². The molecule has 1 aliphatic carbocycles. The maximum Gasteiger partial charge on any atom is 0.251 e. The monoisotopic (exact) mass is 376 g/mol. The largest absolute Gasteiger partial charge is 0.366 e. The fourth-order valence-corrected chi connectivity index (χ4v) is 3.74. The van der Waals surface area contributed by atoms with Crippen molar-refractivity contribution < 1.29 is 18.4 Å². The molecule has 3 N–H and O–H groups in total. The van der Waals surface area contributed by atoms with E-state index in [1.807, 2.05) is 0 Å². The number of carbonyl (C=O) groups excluding carboxylic acids is 2. The number of carbonyl (C=O) groups is 2. The summed E-state index contributed by atoms with van der Waals surface area (Å²) in [5.41, 5.74) is 3.51. The van der Waals surface area contributed by atoms with E-state index < -0.39 is 28.6 Å². The van der Waals surface area contributed by atoms with Crippen molar-refractivity contribution in [3.8, 4) is 6.07 Å². The topological polar surface area (TPSA) is 99.2 Å². The highest BCUT2D eigenvalue weighted by Gasteiger charge is 2.47. The number of halogens is 2. The normalized spacial score (nSPS) is 18.6. The van der Waals surface area contributed by atoms with Gasteiger partial charge in [-0.1, -0.05) is 0 Å². The number of nitrogens with one attached hydrogen (secondary N) is 1. The van der Waals surface area contributed by atoms with Crippen molar-refractivity contribution in [2.45, 2.75) is 50.1 Å². The minimum Gasteiger partial charge on any atom is -0.366 e. The molecule has 1 aliphatic heterocycles. The molecule has 1 aromatic rings. The number of primary amides is 1. The molecule has 1 saturated carbocycles. The van der Waals surface area contributed by atoms with Crippen LogP contribution in [-0.4, -0.2) is 41.4 Å². The zero-order valence-electron chi connectivity index (χ0n) is 14.9. The van der Waals surface area contributed by atoms with Gasteiger partial charge in [0.25, 0.3) is 5.91 Å². The summed E-state index contributed by atoms with van der Waals surface area (Å²) in [5.74, 6) is -3.12. The Morgan fingerprint density at radius 2 is 1.96 bits per heavy atom. The molecule has 1 aromatic carbocycles. The average Bonchev–Trinajstić information content (AvgIpc) is 3.47. The van der Waals surface area contributed by atoms with Crippen LogP contribution in [0.15, 0.2) is 12.1 Å². The summed E-state index contributed by atoms with van der Waals surface area (Å²) < 4.78 is 28.4. The summed E-state index contributed by atoms with van der Waals surface area (Å²) in [5, 5.41) is 12.9. The van der Waals surface area contributed by atoms with E-state index in [-0.39, 0.29) is 30.4 Å². The van der Waals surface area contributed by atoms with Crippen LogP contribution >= 0.6 is 0 Å². The molecule has 6 nitrogen and oxygen atoms in total. The number of piperidine rings is 1. The van der Waals surface area contributed by atoms with E-state index in [4.69, 9.17) is 5.73 Å². The first-order valence-electron chi connectivity index (χ1n) is 9.10. The lowest BCUT2D eigenvalue weighted by Crippen LogP contribution is -2.57. The quantitative estimate of drug-likeness (QED) is 0.788. The average molecular weight is 376 g/mol. The number of nitrogens with two attached hydrogens (primary N) is 1. The zero-order chi connectivity index (χ0) is 19.6. The molecule has 3 rings (SSSR count). The number of hydrogen-bond donors (Lipinski definition) is 2. The maximum atomic E-state index is 14.4. The minimum atomic E-state index is -1.02. The van der Waals surface area contributed by atoms with Crippen molar-refractivity contribution >= 4 is 11.8 Å². The highest BCUT2D eigenvalue weighted by Crippen LogP contribution is 2.38. The lowest BCUT2D eigenvalue weighted by atomic mass is 9.87. The fourth-order valence-electron chi connectivity index (χ4n) is 3.74. The van der Waals surface area contributed by atoms with Gasteiger partial charge < -0.3 is 16.0 Å². The van der Waals surface area contributed by atoms with Gasteiger partial charge in [0.2, 0.25) is 5.91 Å². The van der Waals surface area contributed by atoms with Crippen molar-refractivity contribution in [2.75, 3.05) is 13.1 Å². The van der Waals surface area contributed by atoms with Gasteiger partial charge in [0.15, 0.2) is 0 Å². The van der Waals surface area contributed by atoms with Crippen LogP contribution in [-0.2, 0) is 11.2 Å². The van der Waals surface area contributed by atoms with Crippen LogP contribution in [0, 0.1) is 23.0 Å². The number of nitrogens with zero attached hydrogens (tertiary/aromatic N) is 2. The van der Waals surface area contributed by atoms with E-state index in [1.54, 1.807) is 4.90 Å². The van der Waals surface area contributed by atoms with Crippen LogP contribution in [0.5, 0.6) is 0 Å². The highest BCUT2D eigenvalue weighted by molar-refractivity contribution is 5.93. The van der Waals surface area contributed by atoms with Crippen LogP contribution in [0.4, 0.5) is 8.78 Å². The van der Waals surface area contributed by atoms with Crippen molar-refractivity contribution in [2.24, 2.45) is 5.73 Å². The van der Waals surface area contributed by atoms with Crippen LogP contribution in [0.1, 0.15) is 48.0 Å². The lowest BCUT2D eigenvalue weighted by molar-refractivity contribution is -0.137. The second kappa shape index (κ2) is 7.61. The van der Waals surface area contributed by atoms with Crippen molar-refractivity contribution in [1.82, 2.24) is 10.2 Å².